The number of para-hydroxylation sites is 1. The molecule has 1 aromatic carbocycles. The average Bonchev–Trinajstić information content (AvgIpc) is 3.47. The first-order chi connectivity index (χ1) is 13.3. The van der Waals surface area contributed by atoms with Gasteiger partial charge in [0.15, 0.2) is 10.8 Å². The number of nitrogens with one attached hydrogen (secondary N) is 1. The van der Waals surface area contributed by atoms with Crippen molar-refractivity contribution in [2.45, 2.75) is 18.8 Å². The van der Waals surface area contributed by atoms with Crippen LogP contribution in [0.4, 0.5) is 0 Å². The average molecular weight is 378 g/mol. The minimum atomic E-state index is 0.0678. The lowest BCUT2D eigenvalue weighted by molar-refractivity contribution is 0.0708. The van der Waals surface area contributed by atoms with Crippen LogP contribution in [0.3, 0.4) is 0 Å². The second-order valence-electron chi connectivity index (χ2n) is 6.76. The van der Waals surface area contributed by atoms with Gasteiger partial charge in [0.05, 0.1) is 6.26 Å². The van der Waals surface area contributed by atoms with Gasteiger partial charge in [0, 0.05) is 29.9 Å². The van der Waals surface area contributed by atoms with Crippen LogP contribution in [0, 0.1) is 0 Å². The molecule has 0 bridgehead atoms. The number of fused-ring (bicyclic) bond motifs is 1. The van der Waals surface area contributed by atoms with Gasteiger partial charge in [-0.2, -0.15) is 0 Å². The maximum absolute atomic E-state index is 12.8. The van der Waals surface area contributed by atoms with Crippen molar-refractivity contribution >= 4 is 28.1 Å². The van der Waals surface area contributed by atoms with Crippen LogP contribution in [-0.4, -0.2) is 39.1 Å². The molecule has 136 valence electrons. The zero-order valence-corrected chi connectivity index (χ0v) is 15.4. The predicted octanol–water partition coefficient (Wildman–Crippen LogP) is 4.30. The second kappa shape index (κ2) is 6.66. The van der Waals surface area contributed by atoms with E-state index in [2.05, 4.69) is 15.2 Å². The van der Waals surface area contributed by atoms with E-state index in [4.69, 9.17) is 4.42 Å². The number of nitrogens with zero attached hydrogens (tertiary/aromatic N) is 3. The molecule has 7 heteroatoms. The van der Waals surface area contributed by atoms with Gasteiger partial charge >= 0.3 is 0 Å². The van der Waals surface area contributed by atoms with Crippen molar-refractivity contribution in [1.29, 1.82) is 0 Å². The third-order valence-corrected chi connectivity index (χ3v) is 6.16. The SMILES string of the molecule is O=C(c1cc2ccccc2[nH]1)N1CCC(c2nnc(-c3ccco3)s2)CC1. The van der Waals surface area contributed by atoms with Crippen LogP contribution in [0.1, 0.15) is 34.3 Å². The summed E-state index contributed by atoms with van der Waals surface area (Å²) in [6.07, 6.45) is 3.45. The van der Waals surface area contributed by atoms with Crippen molar-refractivity contribution in [3.05, 3.63) is 59.4 Å². The lowest BCUT2D eigenvalue weighted by atomic mass is 9.97. The maximum Gasteiger partial charge on any atom is 0.270 e. The number of piperidine rings is 1. The third-order valence-electron chi connectivity index (χ3n) is 5.06. The van der Waals surface area contributed by atoms with Crippen LogP contribution in [0.15, 0.2) is 53.1 Å². The lowest BCUT2D eigenvalue weighted by Gasteiger charge is -2.30. The van der Waals surface area contributed by atoms with Crippen LogP contribution in [0.2, 0.25) is 0 Å². The highest BCUT2D eigenvalue weighted by molar-refractivity contribution is 7.14. The number of benzene rings is 1. The summed E-state index contributed by atoms with van der Waals surface area (Å²) in [5, 5.41) is 11.5. The van der Waals surface area contributed by atoms with Crippen LogP contribution in [0.5, 0.6) is 0 Å². The third kappa shape index (κ3) is 3.04. The minimum absolute atomic E-state index is 0.0678. The van der Waals surface area contributed by atoms with Gasteiger partial charge in [0.1, 0.15) is 10.7 Å². The van der Waals surface area contributed by atoms with Gasteiger partial charge in [0.25, 0.3) is 5.91 Å². The second-order valence-corrected chi connectivity index (χ2v) is 7.77. The Morgan fingerprint density at radius 2 is 2.00 bits per heavy atom. The number of hydrogen-bond acceptors (Lipinski definition) is 5. The van der Waals surface area contributed by atoms with Gasteiger partial charge in [-0.3, -0.25) is 4.79 Å². The molecule has 0 unspecified atom stereocenters. The number of furan rings is 1. The molecular weight excluding hydrogens is 360 g/mol. The predicted molar refractivity (Wildman–Crippen MR) is 104 cm³/mol. The highest BCUT2D eigenvalue weighted by atomic mass is 32.1. The molecule has 1 amide bonds. The van der Waals surface area contributed by atoms with E-state index in [-0.39, 0.29) is 5.91 Å². The van der Waals surface area contributed by atoms with E-state index in [1.54, 1.807) is 17.6 Å². The van der Waals surface area contributed by atoms with Gasteiger partial charge in [-0.15, -0.1) is 10.2 Å². The Labute approximate surface area is 159 Å². The summed E-state index contributed by atoms with van der Waals surface area (Å²) in [5.74, 6) is 1.17. The molecule has 4 heterocycles. The molecule has 1 saturated heterocycles. The number of aromatic nitrogens is 3. The Balaban J connectivity index is 1.26. The quantitative estimate of drug-likeness (QED) is 0.577. The van der Waals surface area contributed by atoms with Crippen LogP contribution in [0.25, 0.3) is 21.7 Å². The smallest absolute Gasteiger partial charge is 0.270 e. The van der Waals surface area contributed by atoms with E-state index in [1.165, 1.54) is 0 Å². The summed E-state index contributed by atoms with van der Waals surface area (Å²) in [4.78, 5) is 18.0. The molecule has 0 spiro atoms. The van der Waals surface area contributed by atoms with Crippen molar-refractivity contribution in [2.24, 2.45) is 0 Å². The zero-order chi connectivity index (χ0) is 18.2. The molecule has 1 aliphatic heterocycles. The summed E-state index contributed by atoms with van der Waals surface area (Å²) in [6, 6.07) is 13.6. The molecule has 5 rings (SSSR count). The standard InChI is InChI=1S/C20H18N4O2S/c25-20(16-12-14-4-1-2-5-15(14)21-16)24-9-7-13(8-10-24)18-22-23-19(27-18)17-6-3-11-26-17/h1-6,11-13,21H,7-10H2. The van der Waals surface area contributed by atoms with Gasteiger partial charge in [0.2, 0.25) is 0 Å². The number of carbonyl (C=O) groups is 1. The number of H-pyrrole nitrogens is 1. The summed E-state index contributed by atoms with van der Waals surface area (Å²) < 4.78 is 5.39. The molecule has 4 aromatic rings. The molecule has 1 N–H and O–H groups in total. The highest BCUT2D eigenvalue weighted by Gasteiger charge is 2.27. The maximum atomic E-state index is 12.8. The van der Waals surface area contributed by atoms with Gasteiger partial charge in [-0.25, -0.2) is 0 Å². The molecular formula is C20H18N4O2S. The number of aromatic amines is 1. The van der Waals surface area contributed by atoms with E-state index >= 15 is 0 Å². The summed E-state index contributed by atoms with van der Waals surface area (Å²) in [5.41, 5.74) is 1.65. The van der Waals surface area contributed by atoms with Crippen molar-refractivity contribution in [1.82, 2.24) is 20.1 Å². The normalized spacial score (nSPS) is 15.5. The van der Waals surface area contributed by atoms with E-state index in [0.29, 0.717) is 11.6 Å². The summed E-state index contributed by atoms with van der Waals surface area (Å²) in [6.45, 7) is 1.46. The monoisotopic (exact) mass is 378 g/mol. The van der Waals surface area contributed by atoms with Crippen LogP contribution in [-0.2, 0) is 0 Å². The van der Waals surface area contributed by atoms with Crippen molar-refractivity contribution in [3.8, 4) is 10.8 Å². The first-order valence-electron chi connectivity index (χ1n) is 9.02. The van der Waals surface area contributed by atoms with Crippen molar-refractivity contribution < 1.29 is 9.21 Å². The summed E-state index contributed by atoms with van der Waals surface area (Å²) >= 11 is 1.58. The molecule has 0 atom stereocenters. The molecule has 0 saturated carbocycles. The Bertz CT molecular complexity index is 1040. The molecule has 27 heavy (non-hydrogen) atoms. The molecule has 0 aliphatic carbocycles. The highest BCUT2D eigenvalue weighted by Crippen LogP contribution is 2.34. The Kier molecular flexibility index (Phi) is 4.01. The first-order valence-corrected chi connectivity index (χ1v) is 9.84. The van der Waals surface area contributed by atoms with Gasteiger partial charge in [-0.1, -0.05) is 29.5 Å². The summed E-state index contributed by atoms with van der Waals surface area (Å²) in [7, 11) is 0. The Hall–Kier alpha value is -2.93. The number of likely N-dealkylation sites (tertiary alicyclic amines) is 1. The molecule has 1 aliphatic rings. The lowest BCUT2D eigenvalue weighted by Crippen LogP contribution is -2.38. The fourth-order valence-corrected chi connectivity index (χ4v) is 4.57. The molecule has 3 aromatic heterocycles. The Morgan fingerprint density at radius 3 is 2.78 bits per heavy atom. The molecule has 0 radical (unpaired) electrons. The number of rotatable bonds is 3. The van der Waals surface area contributed by atoms with Crippen LogP contribution >= 0.6 is 11.3 Å². The van der Waals surface area contributed by atoms with Crippen molar-refractivity contribution in [2.75, 3.05) is 13.1 Å². The number of hydrogen-bond donors (Lipinski definition) is 1. The Morgan fingerprint density at radius 1 is 1.15 bits per heavy atom. The number of carbonyl (C=O) groups excluding carboxylic acids is 1. The zero-order valence-electron chi connectivity index (χ0n) is 14.6. The molecule has 1 fully saturated rings. The minimum Gasteiger partial charge on any atom is -0.462 e. The fraction of sp³-hybridized carbons (Fsp3) is 0.250. The fourth-order valence-electron chi connectivity index (χ4n) is 3.59. The number of amides is 1. The van der Waals surface area contributed by atoms with Gasteiger partial charge < -0.3 is 14.3 Å². The van der Waals surface area contributed by atoms with Crippen LogP contribution < -0.4 is 0 Å². The van der Waals surface area contributed by atoms with E-state index in [0.717, 1.165) is 52.6 Å². The van der Waals surface area contributed by atoms with E-state index in [9.17, 15) is 4.79 Å². The van der Waals surface area contributed by atoms with Crippen molar-refractivity contribution in [3.63, 3.8) is 0 Å². The van der Waals surface area contributed by atoms with Gasteiger partial charge in [-0.05, 0) is 37.1 Å². The molecule has 6 nitrogen and oxygen atoms in total. The van der Waals surface area contributed by atoms with E-state index < -0.39 is 0 Å². The first kappa shape index (κ1) is 16.3. The van der Waals surface area contributed by atoms with E-state index in [1.807, 2.05) is 47.4 Å². The largest absolute Gasteiger partial charge is 0.462 e. The topological polar surface area (TPSA) is 75.0 Å².